The Kier molecular flexibility index (Phi) is 2.84. The molecule has 2 fully saturated rings. The lowest BCUT2D eigenvalue weighted by atomic mass is 10.1. The Morgan fingerprint density at radius 1 is 1.24 bits per heavy atom. The predicted octanol–water partition coefficient (Wildman–Crippen LogP) is 2.90. The molecule has 1 heterocycles. The molecule has 3 N–H and O–H groups in total. The molecule has 108 valence electrons. The predicted molar refractivity (Wildman–Crippen MR) is 85.9 cm³/mol. The first-order chi connectivity index (χ1) is 10.2. The minimum atomic E-state index is 0.115. The summed E-state index contributed by atoms with van der Waals surface area (Å²) < 4.78 is 0. The molecule has 1 aromatic carbocycles. The molecule has 4 heteroatoms. The minimum absolute atomic E-state index is 0.115. The first-order valence-corrected chi connectivity index (χ1v) is 7.73. The SMILES string of the molecule is N=C(N)c1cnc2ccccc2c1N(CC1CC1)C1CC1. The number of rotatable bonds is 5. The molecule has 4 rings (SSSR count). The average molecular weight is 280 g/mol. The number of nitrogen functional groups attached to an aromatic ring is 1. The van der Waals surface area contributed by atoms with Gasteiger partial charge in [-0.15, -0.1) is 0 Å². The topological polar surface area (TPSA) is 66.0 Å². The zero-order valence-corrected chi connectivity index (χ0v) is 12.0. The molecule has 21 heavy (non-hydrogen) atoms. The highest BCUT2D eigenvalue weighted by molar-refractivity contribution is 6.07. The summed E-state index contributed by atoms with van der Waals surface area (Å²) >= 11 is 0. The van der Waals surface area contributed by atoms with Gasteiger partial charge in [-0.1, -0.05) is 18.2 Å². The number of fused-ring (bicyclic) bond motifs is 1. The lowest BCUT2D eigenvalue weighted by Gasteiger charge is -2.28. The fourth-order valence-corrected chi connectivity index (χ4v) is 3.02. The van der Waals surface area contributed by atoms with Crippen molar-refractivity contribution in [1.82, 2.24) is 4.98 Å². The Balaban J connectivity index is 1.89. The van der Waals surface area contributed by atoms with Crippen molar-refractivity contribution in [2.75, 3.05) is 11.4 Å². The molecule has 2 aliphatic carbocycles. The van der Waals surface area contributed by atoms with Gasteiger partial charge >= 0.3 is 0 Å². The average Bonchev–Trinajstić information content (AvgIpc) is 3.37. The van der Waals surface area contributed by atoms with Gasteiger partial charge in [-0.25, -0.2) is 0 Å². The number of nitrogens with two attached hydrogens (primary N) is 1. The first kappa shape index (κ1) is 12.6. The molecule has 4 nitrogen and oxygen atoms in total. The minimum Gasteiger partial charge on any atom is -0.384 e. The summed E-state index contributed by atoms with van der Waals surface area (Å²) in [6.45, 7) is 1.10. The van der Waals surface area contributed by atoms with Gasteiger partial charge in [-0.2, -0.15) is 0 Å². The van der Waals surface area contributed by atoms with E-state index in [1.807, 2.05) is 18.2 Å². The van der Waals surface area contributed by atoms with Gasteiger partial charge in [0.25, 0.3) is 0 Å². The molecule has 0 unspecified atom stereocenters. The van der Waals surface area contributed by atoms with Crippen molar-refractivity contribution in [2.24, 2.45) is 11.7 Å². The third kappa shape index (κ3) is 2.35. The van der Waals surface area contributed by atoms with Crippen molar-refractivity contribution >= 4 is 22.4 Å². The zero-order chi connectivity index (χ0) is 14.4. The molecule has 0 saturated heterocycles. The number of aromatic nitrogens is 1. The molecule has 2 aliphatic rings. The van der Waals surface area contributed by atoms with Crippen LogP contribution in [0, 0.1) is 11.3 Å². The van der Waals surface area contributed by atoms with Crippen LogP contribution in [0.2, 0.25) is 0 Å². The van der Waals surface area contributed by atoms with Gasteiger partial charge < -0.3 is 10.6 Å². The Morgan fingerprint density at radius 2 is 2.00 bits per heavy atom. The number of nitrogens with one attached hydrogen (secondary N) is 1. The number of benzene rings is 1. The third-order valence-corrected chi connectivity index (χ3v) is 4.46. The second-order valence-corrected chi connectivity index (χ2v) is 6.28. The van der Waals surface area contributed by atoms with Crippen molar-refractivity contribution in [1.29, 1.82) is 5.41 Å². The van der Waals surface area contributed by atoms with E-state index in [0.29, 0.717) is 6.04 Å². The van der Waals surface area contributed by atoms with Crippen LogP contribution >= 0.6 is 0 Å². The van der Waals surface area contributed by atoms with E-state index < -0.39 is 0 Å². The van der Waals surface area contributed by atoms with Crippen LogP contribution in [0.3, 0.4) is 0 Å². The fourth-order valence-electron chi connectivity index (χ4n) is 3.02. The molecule has 0 bridgehead atoms. The van der Waals surface area contributed by atoms with Gasteiger partial charge in [-0.3, -0.25) is 10.4 Å². The molecule has 0 spiro atoms. The van der Waals surface area contributed by atoms with Crippen molar-refractivity contribution in [3.05, 3.63) is 36.0 Å². The summed E-state index contributed by atoms with van der Waals surface area (Å²) in [6, 6.07) is 8.81. The van der Waals surface area contributed by atoms with Gasteiger partial charge in [0, 0.05) is 24.2 Å². The highest BCUT2D eigenvalue weighted by Gasteiger charge is 2.35. The number of pyridine rings is 1. The lowest BCUT2D eigenvalue weighted by Crippen LogP contribution is -2.31. The van der Waals surface area contributed by atoms with Gasteiger partial charge in [0.05, 0.1) is 16.8 Å². The van der Waals surface area contributed by atoms with Gasteiger partial charge in [0.2, 0.25) is 0 Å². The van der Waals surface area contributed by atoms with E-state index in [1.54, 1.807) is 6.20 Å². The Morgan fingerprint density at radius 3 is 2.67 bits per heavy atom. The molecule has 0 amide bonds. The highest BCUT2D eigenvalue weighted by atomic mass is 15.2. The Bertz CT molecular complexity index is 701. The second kappa shape index (κ2) is 4.72. The second-order valence-electron chi connectivity index (χ2n) is 6.28. The number of hydrogen-bond donors (Lipinski definition) is 2. The van der Waals surface area contributed by atoms with Crippen LogP contribution in [0.5, 0.6) is 0 Å². The molecular formula is C17H20N4. The molecule has 2 saturated carbocycles. The lowest BCUT2D eigenvalue weighted by molar-refractivity contribution is 0.720. The van der Waals surface area contributed by atoms with Crippen LogP contribution < -0.4 is 10.6 Å². The molecule has 0 radical (unpaired) electrons. The van der Waals surface area contributed by atoms with Crippen LogP contribution in [0.4, 0.5) is 5.69 Å². The smallest absolute Gasteiger partial charge is 0.126 e. The molecular weight excluding hydrogens is 260 g/mol. The summed E-state index contributed by atoms with van der Waals surface area (Å²) in [4.78, 5) is 6.97. The van der Waals surface area contributed by atoms with Crippen LogP contribution in [0.15, 0.2) is 30.5 Å². The third-order valence-electron chi connectivity index (χ3n) is 4.46. The van der Waals surface area contributed by atoms with Crippen LogP contribution in [-0.2, 0) is 0 Å². The van der Waals surface area contributed by atoms with Gasteiger partial charge in [0.1, 0.15) is 5.84 Å². The number of amidine groups is 1. The standard InChI is InChI=1S/C17H20N4/c18-17(19)14-9-20-15-4-2-1-3-13(15)16(14)21(12-7-8-12)10-11-5-6-11/h1-4,9,11-12H,5-8,10H2,(H3,18,19). The van der Waals surface area contributed by atoms with Crippen LogP contribution in [0.1, 0.15) is 31.2 Å². The van der Waals surface area contributed by atoms with Crippen LogP contribution in [-0.4, -0.2) is 23.4 Å². The van der Waals surface area contributed by atoms with E-state index in [2.05, 4.69) is 16.0 Å². The Hall–Kier alpha value is -2.10. The first-order valence-electron chi connectivity index (χ1n) is 7.73. The molecule has 1 aromatic heterocycles. The Labute approximate surface area is 124 Å². The highest BCUT2D eigenvalue weighted by Crippen LogP contribution is 2.41. The normalized spacial score (nSPS) is 17.9. The summed E-state index contributed by atoms with van der Waals surface area (Å²) in [7, 11) is 0. The van der Waals surface area contributed by atoms with Crippen molar-refractivity contribution in [3.8, 4) is 0 Å². The van der Waals surface area contributed by atoms with Crippen molar-refractivity contribution in [3.63, 3.8) is 0 Å². The monoisotopic (exact) mass is 280 g/mol. The largest absolute Gasteiger partial charge is 0.384 e. The van der Waals surface area contributed by atoms with E-state index in [4.69, 9.17) is 11.1 Å². The summed E-state index contributed by atoms with van der Waals surface area (Å²) in [5, 5.41) is 9.04. The van der Waals surface area contributed by atoms with E-state index >= 15 is 0 Å². The summed E-state index contributed by atoms with van der Waals surface area (Å²) in [5.74, 6) is 0.932. The van der Waals surface area contributed by atoms with E-state index in [0.717, 1.165) is 34.6 Å². The van der Waals surface area contributed by atoms with Crippen molar-refractivity contribution < 1.29 is 0 Å². The molecule has 0 atom stereocenters. The van der Waals surface area contributed by atoms with E-state index in [9.17, 15) is 0 Å². The quantitative estimate of drug-likeness (QED) is 0.653. The number of para-hydroxylation sites is 1. The summed E-state index contributed by atoms with van der Waals surface area (Å²) in [5.41, 5.74) is 8.72. The number of anilines is 1. The number of nitrogens with zero attached hydrogens (tertiary/aromatic N) is 2. The molecule has 2 aromatic rings. The number of hydrogen-bond acceptors (Lipinski definition) is 3. The van der Waals surface area contributed by atoms with E-state index in [-0.39, 0.29) is 5.84 Å². The van der Waals surface area contributed by atoms with Crippen LogP contribution in [0.25, 0.3) is 10.9 Å². The maximum Gasteiger partial charge on any atom is 0.126 e. The van der Waals surface area contributed by atoms with Gasteiger partial charge in [0.15, 0.2) is 0 Å². The van der Waals surface area contributed by atoms with Crippen molar-refractivity contribution in [2.45, 2.75) is 31.7 Å². The summed E-state index contributed by atoms with van der Waals surface area (Å²) in [6.07, 6.45) is 6.94. The molecule has 0 aliphatic heterocycles. The van der Waals surface area contributed by atoms with E-state index in [1.165, 1.54) is 25.7 Å². The maximum absolute atomic E-state index is 7.92. The zero-order valence-electron chi connectivity index (χ0n) is 12.0. The van der Waals surface area contributed by atoms with Gasteiger partial charge in [-0.05, 0) is 37.7 Å². The fraction of sp³-hybridized carbons (Fsp3) is 0.412. The maximum atomic E-state index is 7.92.